The van der Waals surface area contributed by atoms with Crippen molar-refractivity contribution in [2.45, 2.75) is 181 Å². The number of unbranched alkanes of at least 4 members (excludes halogenated alkanes) is 18. The van der Waals surface area contributed by atoms with Crippen LogP contribution in [0.1, 0.15) is 175 Å². The molecule has 0 saturated carbocycles. The van der Waals surface area contributed by atoms with E-state index in [0.29, 0.717) is 19.3 Å². The normalized spacial score (nSPS) is 11.8. The van der Waals surface area contributed by atoms with Crippen LogP contribution in [-0.4, -0.2) is 37.2 Å². The van der Waals surface area contributed by atoms with E-state index < -0.39 is 6.10 Å². The van der Waals surface area contributed by atoms with Crippen LogP contribution in [0.3, 0.4) is 0 Å². The molecule has 0 aliphatic rings. The summed E-state index contributed by atoms with van der Waals surface area (Å²) in [6, 6.07) is 0. The largest absolute Gasteiger partial charge is 0.462 e. The van der Waals surface area contributed by atoms with E-state index >= 15 is 0 Å². The molecule has 6 heteroatoms. The van der Waals surface area contributed by atoms with Crippen LogP contribution >= 0.6 is 0 Å². The predicted molar refractivity (Wildman–Crippen MR) is 160 cm³/mol. The molecule has 6 nitrogen and oxygen atoms in total. The Labute approximate surface area is 240 Å². The van der Waals surface area contributed by atoms with Crippen molar-refractivity contribution >= 4 is 17.9 Å². The van der Waals surface area contributed by atoms with Crippen LogP contribution in [-0.2, 0) is 28.6 Å². The van der Waals surface area contributed by atoms with Gasteiger partial charge in [-0.3, -0.25) is 14.4 Å². The SMILES string of the molecule is CCCCCCCCCCC(=O)OCC(COC(=O)CCCCCCCC)OC(=O)CCCCCCCCC. The molecule has 230 valence electrons. The molecule has 0 fully saturated rings. The molecule has 0 rings (SSSR count). The van der Waals surface area contributed by atoms with E-state index in [4.69, 9.17) is 14.2 Å². The van der Waals surface area contributed by atoms with E-state index in [1.807, 2.05) is 0 Å². The molecule has 1 unspecified atom stereocenters. The fourth-order valence-electron chi connectivity index (χ4n) is 4.56. The zero-order valence-electron chi connectivity index (χ0n) is 25.9. The number of hydrogen-bond donors (Lipinski definition) is 0. The van der Waals surface area contributed by atoms with Crippen LogP contribution in [0, 0.1) is 0 Å². The van der Waals surface area contributed by atoms with E-state index in [2.05, 4.69) is 20.8 Å². The number of carbonyl (C=O) groups excluding carboxylic acids is 3. The molecule has 39 heavy (non-hydrogen) atoms. The van der Waals surface area contributed by atoms with Gasteiger partial charge < -0.3 is 14.2 Å². The first-order chi connectivity index (χ1) is 19.0. The number of ether oxygens (including phenoxy) is 3. The highest BCUT2D eigenvalue weighted by Crippen LogP contribution is 2.12. The summed E-state index contributed by atoms with van der Waals surface area (Å²) in [5.41, 5.74) is 0. The van der Waals surface area contributed by atoms with Crippen molar-refractivity contribution in [3.63, 3.8) is 0 Å². The Balaban J connectivity index is 4.35. The third-order valence-electron chi connectivity index (χ3n) is 7.11. The van der Waals surface area contributed by atoms with Crippen molar-refractivity contribution in [1.82, 2.24) is 0 Å². The molecule has 1 atom stereocenters. The van der Waals surface area contributed by atoms with Gasteiger partial charge in [-0.15, -0.1) is 0 Å². The van der Waals surface area contributed by atoms with Gasteiger partial charge in [-0.05, 0) is 19.3 Å². The molecular formula is C33H62O6. The highest BCUT2D eigenvalue weighted by molar-refractivity contribution is 5.71. The Hall–Kier alpha value is -1.59. The summed E-state index contributed by atoms with van der Waals surface area (Å²) in [6.45, 7) is 6.47. The Bertz CT molecular complexity index is 577. The molecule has 0 spiro atoms. The molecule has 0 N–H and O–H groups in total. The average Bonchev–Trinajstić information content (AvgIpc) is 2.93. The fraction of sp³-hybridized carbons (Fsp3) is 0.909. The molecule has 0 saturated heterocycles. The minimum absolute atomic E-state index is 0.0666. The minimum Gasteiger partial charge on any atom is -0.462 e. The summed E-state index contributed by atoms with van der Waals surface area (Å²) in [6.07, 6.45) is 24.1. The summed E-state index contributed by atoms with van der Waals surface area (Å²) in [5.74, 6) is -0.893. The zero-order valence-corrected chi connectivity index (χ0v) is 25.9. The molecule has 0 aromatic heterocycles. The summed E-state index contributed by atoms with van der Waals surface area (Å²) in [5, 5.41) is 0. The fourth-order valence-corrected chi connectivity index (χ4v) is 4.56. The first kappa shape index (κ1) is 37.4. The lowest BCUT2D eigenvalue weighted by Crippen LogP contribution is -2.30. The van der Waals surface area contributed by atoms with Crippen LogP contribution in [0.15, 0.2) is 0 Å². The van der Waals surface area contributed by atoms with Crippen LogP contribution in [0.25, 0.3) is 0 Å². The molecule has 0 radical (unpaired) electrons. The van der Waals surface area contributed by atoms with Gasteiger partial charge in [0.2, 0.25) is 0 Å². The van der Waals surface area contributed by atoms with Crippen molar-refractivity contribution in [1.29, 1.82) is 0 Å². The molecule has 0 bridgehead atoms. The van der Waals surface area contributed by atoms with Crippen LogP contribution < -0.4 is 0 Å². The monoisotopic (exact) mass is 554 g/mol. The van der Waals surface area contributed by atoms with Gasteiger partial charge in [0.15, 0.2) is 6.10 Å². The van der Waals surface area contributed by atoms with Gasteiger partial charge in [-0.1, -0.05) is 136 Å². The van der Waals surface area contributed by atoms with Crippen LogP contribution in [0.2, 0.25) is 0 Å². The van der Waals surface area contributed by atoms with Gasteiger partial charge in [0, 0.05) is 19.3 Å². The summed E-state index contributed by atoms with van der Waals surface area (Å²) < 4.78 is 16.4. The number of carbonyl (C=O) groups is 3. The first-order valence-corrected chi connectivity index (χ1v) is 16.5. The standard InChI is InChI=1S/C33H62O6/c1-4-7-10-13-16-18-20-23-26-32(35)38-29-30(28-37-31(34)25-22-19-15-12-9-6-3)39-33(36)27-24-21-17-14-11-8-5-2/h30H,4-29H2,1-3H3. The average molecular weight is 555 g/mol. The number of rotatable bonds is 29. The quantitative estimate of drug-likeness (QED) is 0.0520. The number of esters is 3. The van der Waals surface area contributed by atoms with Crippen LogP contribution in [0.5, 0.6) is 0 Å². The second-order valence-electron chi connectivity index (χ2n) is 11.1. The lowest BCUT2D eigenvalue weighted by molar-refractivity contribution is -0.167. The third-order valence-corrected chi connectivity index (χ3v) is 7.11. The first-order valence-electron chi connectivity index (χ1n) is 16.5. The second-order valence-corrected chi connectivity index (χ2v) is 11.1. The Morgan fingerprint density at radius 2 is 0.692 bits per heavy atom. The molecule has 0 aromatic rings. The predicted octanol–water partition coefficient (Wildman–Crippen LogP) is 9.41. The van der Waals surface area contributed by atoms with Gasteiger partial charge in [-0.25, -0.2) is 0 Å². The van der Waals surface area contributed by atoms with Crippen molar-refractivity contribution < 1.29 is 28.6 Å². The van der Waals surface area contributed by atoms with Gasteiger partial charge in [0.1, 0.15) is 13.2 Å². The zero-order chi connectivity index (χ0) is 28.8. The Morgan fingerprint density at radius 3 is 1.03 bits per heavy atom. The van der Waals surface area contributed by atoms with E-state index in [9.17, 15) is 14.4 Å². The topological polar surface area (TPSA) is 78.9 Å². The molecule has 0 aliphatic heterocycles. The van der Waals surface area contributed by atoms with Gasteiger partial charge in [0.25, 0.3) is 0 Å². The molecule has 0 aliphatic carbocycles. The smallest absolute Gasteiger partial charge is 0.306 e. The van der Waals surface area contributed by atoms with Crippen molar-refractivity contribution in [2.75, 3.05) is 13.2 Å². The van der Waals surface area contributed by atoms with Gasteiger partial charge in [-0.2, -0.15) is 0 Å². The van der Waals surface area contributed by atoms with Gasteiger partial charge >= 0.3 is 17.9 Å². The minimum atomic E-state index is -0.752. The summed E-state index contributed by atoms with van der Waals surface area (Å²) >= 11 is 0. The van der Waals surface area contributed by atoms with Crippen molar-refractivity contribution in [3.05, 3.63) is 0 Å². The van der Waals surface area contributed by atoms with E-state index in [-0.39, 0.29) is 31.1 Å². The van der Waals surface area contributed by atoms with Gasteiger partial charge in [0.05, 0.1) is 0 Å². The van der Waals surface area contributed by atoms with E-state index in [1.54, 1.807) is 0 Å². The second kappa shape index (κ2) is 29.4. The molecule has 0 amide bonds. The molecule has 0 aromatic carbocycles. The maximum absolute atomic E-state index is 12.4. The highest BCUT2D eigenvalue weighted by Gasteiger charge is 2.19. The Kier molecular flexibility index (Phi) is 28.2. The lowest BCUT2D eigenvalue weighted by atomic mass is 10.1. The summed E-state index contributed by atoms with van der Waals surface area (Å²) in [7, 11) is 0. The molecule has 0 heterocycles. The molecular weight excluding hydrogens is 492 g/mol. The third kappa shape index (κ3) is 27.8. The maximum Gasteiger partial charge on any atom is 0.306 e. The van der Waals surface area contributed by atoms with Crippen LogP contribution in [0.4, 0.5) is 0 Å². The van der Waals surface area contributed by atoms with E-state index in [0.717, 1.165) is 57.8 Å². The van der Waals surface area contributed by atoms with Crippen molar-refractivity contribution in [2.24, 2.45) is 0 Å². The van der Waals surface area contributed by atoms with Crippen molar-refractivity contribution in [3.8, 4) is 0 Å². The lowest BCUT2D eigenvalue weighted by Gasteiger charge is -2.18. The maximum atomic E-state index is 12.4. The number of hydrogen-bond acceptors (Lipinski definition) is 6. The Morgan fingerprint density at radius 1 is 0.410 bits per heavy atom. The highest BCUT2D eigenvalue weighted by atomic mass is 16.6. The summed E-state index contributed by atoms with van der Waals surface area (Å²) in [4.78, 5) is 36.8. The van der Waals surface area contributed by atoms with E-state index in [1.165, 1.54) is 77.0 Å².